The Bertz CT molecular complexity index is 820. The van der Waals surface area contributed by atoms with E-state index in [1.165, 1.54) is 18.2 Å². The summed E-state index contributed by atoms with van der Waals surface area (Å²) in [7, 11) is 0. The van der Waals surface area contributed by atoms with Gasteiger partial charge in [-0.25, -0.2) is 4.39 Å². The Labute approximate surface area is 157 Å². The number of hydrogen-bond donors (Lipinski definition) is 0. The number of nitrogens with zero attached hydrogens (tertiary/aromatic N) is 3. The van der Waals surface area contributed by atoms with Gasteiger partial charge in [0.1, 0.15) is 5.82 Å². The summed E-state index contributed by atoms with van der Waals surface area (Å²) in [5.41, 5.74) is 1.35. The van der Waals surface area contributed by atoms with Crippen molar-refractivity contribution in [1.82, 2.24) is 9.80 Å². The average Bonchev–Trinajstić information content (AvgIpc) is 2.65. The molecular formula is C20H22FN3O3. The first-order chi connectivity index (χ1) is 13.0. The number of carbonyl (C=O) groups is 1. The molecule has 2 aromatic carbocycles. The predicted octanol–water partition coefficient (Wildman–Crippen LogP) is 2.66. The van der Waals surface area contributed by atoms with E-state index in [0.29, 0.717) is 24.2 Å². The van der Waals surface area contributed by atoms with E-state index < -0.39 is 4.92 Å². The number of nitro benzene ring substituents is 1. The van der Waals surface area contributed by atoms with Crippen molar-refractivity contribution in [3.8, 4) is 0 Å². The van der Waals surface area contributed by atoms with Crippen molar-refractivity contribution in [2.24, 2.45) is 0 Å². The fourth-order valence-electron chi connectivity index (χ4n) is 3.29. The number of Topliss-reactive ketones (excluding diaryl/α,β-unsaturated/α-hetero) is 1. The van der Waals surface area contributed by atoms with E-state index in [1.54, 1.807) is 24.3 Å². The van der Waals surface area contributed by atoms with Gasteiger partial charge in [-0.15, -0.1) is 0 Å². The summed E-state index contributed by atoms with van der Waals surface area (Å²) in [6.45, 7) is 3.94. The van der Waals surface area contributed by atoms with Crippen LogP contribution in [0.5, 0.6) is 0 Å². The molecule has 0 aromatic heterocycles. The largest absolute Gasteiger partial charge is 0.298 e. The predicted molar refractivity (Wildman–Crippen MR) is 99.9 cm³/mol. The highest BCUT2D eigenvalue weighted by Crippen LogP contribution is 2.15. The van der Waals surface area contributed by atoms with Gasteiger partial charge < -0.3 is 0 Å². The molecule has 0 aliphatic carbocycles. The molecule has 142 valence electrons. The minimum absolute atomic E-state index is 0.00191. The Balaban J connectivity index is 1.46. The molecule has 1 saturated heterocycles. The lowest BCUT2D eigenvalue weighted by molar-refractivity contribution is -0.384. The zero-order valence-corrected chi connectivity index (χ0v) is 15.0. The van der Waals surface area contributed by atoms with Crippen molar-refractivity contribution in [3.05, 3.63) is 75.6 Å². The number of benzene rings is 2. The van der Waals surface area contributed by atoms with Gasteiger partial charge in [-0.2, -0.15) is 0 Å². The number of ketones is 1. The van der Waals surface area contributed by atoms with Gasteiger partial charge in [-0.1, -0.05) is 30.3 Å². The van der Waals surface area contributed by atoms with Gasteiger partial charge in [0.25, 0.3) is 5.69 Å². The van der Waals surface area contributed by atoms with Crippen LogP contribution in [0, 0.1) is 15.9 Å². The molecular weight excluding hydrogens is 349 g/mol. The van der Waals surface area contributed by atoms with E-state index in [1.807, 2.05) is 6.07 Å². The number of rotatable bonds is 7. The van der Waals surface area contributed by atoms with Crippen LogP contribution in [0.15, 0.2) is 48.5 Å². The Hall–Kier alpha value is -2.64. The number of piperazine rings is 1. The minimum Gasteiger partial charge on any atom is -0.298 e. The van der Waals surface area contributed by atoms with Gasteiger partial charge in [0.2, 0.25) is 0 Å². The maximum absolute atomic E-state index is 13.8. The standard InChI is InChI=1S/C20H22FN3O3/c21-20-7-2-1-5-17(20)14-22-8-10-23(11-9-22)15-19(25)13-16-4-3-6-18(12-16)24(26)27/h1-7,12H,8-11,13-15H2. The van der Waals surface area contributed by atoms with E-state index in [-0.39, 0.29) is 23.7 Å². The summed E-state index contributed by atoms with van der Waals surface area (Å²) in [6, 6.07) is 13.0. The highest BCUT2D eigenvalue weighted by atomic mass is 19.1. The number of nitro groups is 1. The second-order valence-corrected chi connectivity index (χ2v) is 6.79. The molecule has 2 aromatic rings. The number of non-ortho nitro benzene ring substituents is 1. The summed E-state index contributed by atoms with van der Waals surface area (Å²) in [5.74, 6) is -0.148. The van der Waals surface area contributed by atoms with Crippen molar-refractivity contribution in [3.63, 3.8) is 0 Å². The minimum atomic E-state index is -0.456. The molecule has 0 unspecified atom stereocenters. The van der Waals surface area contributed by atoms with Gasteiger partial charge in [0.15, 0.2) is 5.78 Å². The van der Waals surface area contributed by atoms with E-state index in [0.717, 1.165) is 26.2 Å². The van der Waals surface area contributed by atoms with Gasteiger partial charge in [-0.05, 0) is 11.6 Å². The molecule has 6 nitrogen and oxygen atoms in total. The number of hydrogen-bond acceptors (Lipinski definition) is 5. The molecule has 7 heteroatoms. The summed E-state index contributed by atoms with van der Waals surface area (Å²) >= 11 is 0. The number of halogens is 1. The van der Waals surface area contributed by atoms with Gasteiger partial charge in [-0.3, -0.25) is 24.7 Å². The van der Waals surface area contributed by atoms with Crippen LogP contribution in [-0.4, -0.2) is 53.2 Å². The molecule has 0 radical (unpaired) electrons. The van der Waals surface area contributed by atoms with E-state index in [9.17, 15) is 19.3 Å². The van der Waals surface area contributed by atoms with Crippen LogP contribution < -0.4 is 0 Å². The molecule has 0 saturated carbocycles. The monoisotopic (exact) mass is 371 g/mol. The molecule has 0 amide bonds. The summed E-state index contributed by atoms with van der Waals surface area (Å²) < 4.78 is 13.8. The Morgan fingerprint density at radius 1 is 1.04 bits per heavy atom. The summed E-state index contributed by atoms with van der Waals surface area (Å²) in [6.07, 6.45) is 0.192. The van der Waals surface area contributed by atoms with Crippen molar-refractivity contribution in [1.29, 1.82) is 0 Å². The zero-order chi connectivity index (χ0) is 19.2. The van der Waals surface area contributed by atoms with Gasteiger partial charge in [0, 0.05) is 56.8 Å². The quantitative estimate of drug-likeness (QED) is 0.553. The average molecular weight is 371 g/mol. The fourth-order valence-corrected chi connectivity index (χ4v) is 3.29. The van der Waals surface area contributed by atoms with Crippen LogP contribution in [-0.2, 0) is 17.8 Å². The molecule has 3 rings (SSSR count). The normalized spacial score (nSPS) is 15.6. The van der Waals surface area contributed by atoms with E-state index in [2.05, 4.69) is 9.80 Å². The lowest BCUT2D eigenvalue weighted by atomic mass is 10.1. The third-order valence-electron chi connectivity index (χ3n) is 4.74. The summed E-state index contributed by atoms with van der Waals surface area (Å²) in [5, 5.41) is 10.8. The second-order valence-electron chi connectivity index (χ2n) is 6.79. The van der Waals surface area contributed by atoms with Crippen molar-refractivity contribution >= 4 is 11.5 Å². The lowest BCUT2D eigenvalue weighted by Gasteiger charge is -2.34. The fraction of sp³-hybridized carbons (Fsp3) is 0.350. The molecule has 0 bridgehead atoms. The Kier molecular flexibility index (Phi) is 6.26. The first-order valence-electron chi connectivity index (χ1n) is 8.94. The molecule has 1 aliphatic heterocycles. The maximum Gasteiger partial charge on any atom is 0.269 e. The van der Waals surface area contributed by atoms with Crippen LogP contribution in [0.3, 0.4) is 0 Å². The van der Waals surface area contributed by atoms with Crippen molar-refractivity contribution in [2.45, 2.75) is 13.0 Å². The lowest BCUT2D eigenvalue weighted by Crippen LogP contribution is -2.47. The Morgan fingerprint density at radius 2 is 1.74 bits per heavy atom. The highest BCUT2D eigenvalue weighted by Gasteiger charge is 2.20. The van der Waals surface area contributed by atoms with E-state index >= 15 is 0 Å². The molecule has 1 fully saturated rings. The molecule has 0 N–H and O–H groups in total. The first-order valence-corrected chi connectivity index (χ1v) is 8.94. The topological polar surface area (TPSA) is 66.7 Å². The highest BCUT2D eigenvalue weighted by molar-refractivity contribution is 5.83. The Morgan fingerprint density at radius 3 is 2.44 bits per heavy atom. The third kappa shape index (κ3) is 5.42. The maximum atomic E-state index is 13.8. The van der Waals surface area contributed by atoms with Gasteiger partial charge in [0.05, 0.1) is 11.5 Å². The van der Waals surface area contributed by atoms with Crippen LogP contribution >= 0.6 is 0 Å². The van der Waals surface area contributed by atoms with Crippen LogP contribution in [0.2, 0.25) is 0 Å². The number of carbonyl (C=O) groups excluding carboxylic acids is 1. The van der Waals surface area contributed by atoms with Crippen molar-refractivity contribution in [2.75, 3.05) is 32.7 Å². The third-order valence-corrected chi connectivity index (χ3v) is 4.74. The van der Waals surface area contributed by atoms with E-state index in [4.69, 9.17) is 0 Å². The zero-order valence-electron chi connectivity index (χ0n) is 15.0. The molecule has 0 atom stereocenters. The van der Waals surface area contributed by atoms with Crippen LogP contribution in [0.25, 0.3) is 0 Å². The second kappa shape index (κ2) is 8.83. The van der Waals surface area contributed by atoms with Crippen LogP contribution in [0.4, 0.5) is 10.1 Å². The molecule has 1 aliphatic rings. The van der Waals surface area contributed by atoms with Crippen molar-refractivity contribution < 1.29 is 14.1 Å². The molecule has 27 heavy (non-hydrogen) atoms. The first kappa shape index (κ1) is 19.1. The summed E-state index contributed by atoms with van der Waals surface area (Å²) in [4.78, 5) is 26.9. The SMILES string of the molecule is O=C(Cc1cccc([N+](=O)[O-])c1)CN1CCN(Cc2ccccc2F)CC1. The molecule has 1 heterocycles. The molecule has 0 spiro atoms. The smallest absolute Gasteiger partial charge is 0.269 e. The van der Waals surface area contributed by atoms with Crippen LogP contribution in [0.1, 0.15) is 11.1 Å². The van der Waals surface area contributed by atoms with Gasteiger partial charge >= 0.3 is 0 Å².